The lowest BCUT2D eigenvalue weighted by Crippen LogP contribution is -2.67. The summed E-state index contributed by atoms with van der Waals surface area (Å²) < 4.78 is 0. The van der Waals surface area contributed by atoms with Gasteiger partial charge in [-0.25, -0.2) is 0 Å². The lowest BCUT2D eigenvalue weighted by Gasteiger charge is -2.65. The Morgan fingerprint density at radius 3 is 2.65 bits per heavy atom. The lowest BCUT2D eigenvalue weighted by molar-refractivity contribution is -0.162. The quantitative estimate of drug-likeness (QED) is 0.637. The van der Waals surface area contributed by atoms with Gasteiger partial charge in [-0.15, -0.1) is 0 Å². The molecule has 3 saturated carbocycles. The minimum absolute atomic E-state index is 0.329. The summed E-state index contributed by atoms with van der Waals surface area (Å²) in [6.07, 6.45) is 10.3. The van der Waals surface area contributed by atoms with Crippen LogP contribution in [0.2, 0.25) is 0 Å². The van der Waals surface area contributed by atoms with Gasteiger partial charge < -0.3 is 4.90 Å². The van der Waals surface area contributed by atoms with Gasteiger partial charge in [-0.3, -0.25) is 4.79 Å². The highest BCUT2D eigenvalue weighted by atomic mass is 32.2. The van der Waals surface area contributed by atoms with Crippen LogP contribution in [-0.2, 0) is 4.79 Å². The molecule has 0 aromatic rings. The molecule has 0 spiro atoms. The first-order chi connectivity index (χ1) is 12.3. The Kier molecular flexibility index (Phi) is 4.94. The van der Waals surface area contributed by atoms with E-state index in [0.717, 1.165) is 36.5 Å². The maximum absolute atomic E-state index is 12.6. The Labute approximate surface area is 165 Å². The number of thioether (sulfide) groups is 1. The standard InChI is InChI=1S/C23H39NOS/c1-6-14-26-20-15(2)19-16-8-7-11-22(16,3)12-9-17(19)23(4)13-10-18(25)24(5)21(20)23/h15-17,19-21H,6-14H2,1-5H3/t15?,16-,17+,19-,20?,21?,22-,23+/m0/s1. The van der Waals surface area contributed by atoms with Crippen LogP contribution < -0.4 is 0 Å². The Morgan fingerprint density at radius 2 is 1.92 bits per heavy atom. The monoisotopic (exact) mass is 377 g/mol. The van der Waals surface area contributed by atoms with Crippen molar-refractivity contribution in [3.8, 4) is 0 Å². The third-order valence-corrected chi connectivity index (χ3v) is 11.0. The zero-order valence-corrected chi connectivity index (χ0v) is 18.4. The molecule has 0 N–H and O–H groups in total. The molecule has 0 bridgehead atoms. The molecule has 4 rings (SSSR count). The third kappa shape index (κ3) is 2.62. The Bertz CT molecular complexity index is 564. The molecule has 0 aromatic carbocycles. The summed E-state index contributed by atoms with van der Waals surface area (Å²) in [5.41, 5.74) is 0.935. The number of rotatable bonds is 3. The molecule has 4 fully saturated rings. The molecule has 26 heavy (non-hydrogen) atoms. The van der Waals surface area contributed by atoms with Crippen molar-refractivity contribution in [2.75, 3.05) is 12.8 Å². The molecule has 2 nitrogen and oxygen atoms in total. The molecule has 0 radical (unpaired) electrons. The number of nitrogens with zero attached hydrogens (tertiary/aromatic N) is 1. The Morgan fingerprint density at radius 1 is 1.15 bits per heavy atom. The van der Waals surface area contributed by atoms with E-state index in [1.807, 2.05) is 0 Å². The van der Waals surface area contributed by atoms with Gasteiger partial charge in [0.05, 0.1) is 0 Å². The molecule has 1 amide bonds. The van der Waals surface area contributed by atoms with Crippen LogP contribution in [-0.4, -0.2) is 34.9 Å². The fourth-order valence-corrected chi connectivity index (χ4v) is 9.66. The van der Waals surface area contributed by atoms with Crippen LogP contribution in [0, 0.1) is 34.5 Å². The molecule has 148 valence electrons. The minimum atomic E-state index is 0.329. The Balaban J connectivity index is 1.74. The number of carbonyl (C=O) groups is 1. The second-order valence-electron chi connectivity index (χ2n) is 10.5. The highest BCUT2D eigenvalue weighted by Gasteiger charge is 2.63. The van der Waals surface area contributed by atoms with Crippen molar-refractivity contribution in [2.24, 2.45) is 34.5 Å². The fraction of sp³-hybridized carbons (Fsp3) is 0.957. The van der Waals surface area contributed by atoms with Gasteiger partial charge in [0.2, 0.25) is 5.91 Å². The first kappa shape index (κ1) is 19.2. The number of fused-ring (bicyclic) bond motifs is 5. The molecule has 4 aliphatic rings. The van der Waals surface area contributed by atoms with Crippen molar-refractivity contribution < 1.29 is 4.79 Å². The van der Waals surface area contributed by atoms with Crippen molar-refractivity contribution in [3.63, 3.8) is 0 Å². The normalized spacial score (nSPS) is 51.0. The molecular weight excluding hydrogens is 338 g/mol. The van der Waals surface area contributed by atoms with Crippen molar-refractivity contribution in [2.45, 2.75) is 90.4 Å². The van der Waals surface area contributed by atoms with Gasteiger partial charge in [-0.1, -0.05) is 34.1 Å². The topological polar surface area (TPSA) is 20.3 Å². The van der Waals surface area contributed by atoms with E-state index in [2.05, 4.69) is 51.4 Å². The summed E-state index contributed by atoms with van der Waals surface area (Å²) in [6, 6.07) is 0.447. The van der Waals surface area contributed by atoms with Gasteiger partial charge in [0, 0.05) is 24.8 Å². The zero-order valence-electron chi connectivity index (χ0n) is 17.6. The van der Waals surface area contributed by atoms with E-state index >= 15 is 0 Å². The minimum Gasteiger partial charge on any atom is -0.341 e. The van der Waals surface area contributed by atoms with Gasteiger partial charge in [-0.2, -0.15) is 11.8 Å². The molecule has 3 aliphatic carbocycles. The number of hydrogen-bond acceptors (Lipinski definition) is 2. The summed E-state index contributed by atoms with van der Waals surface area (Å²) in [4.78, 5) is 14.8. The SMILES string of the molecule is CCCSC1C(C)[C@@H]2[C@@H](CC[C@]3(C)CCC[C@@H]23)[C@@]2(C)CCC(=O)N(C)C12. The van der Waals surface area contributed by atoms with Crippen LogP contribution in [0.15, 0.2) is 0 Å². The molecule has 3 heteroatoms. The highest BCUT2D eigenvalue weighted by Crippen LogP contribution is 2.67. The van der Waals surface area contributed by atoms with Crippen LogP contribution in [0.3, 0.4) is 0 Å². The zero-order chi connectivity index (χ0) is 18.7. The van der Waals surface area contributed by atoms with E-state index in [9.17, 15) is 4.79 Å². The van der Waals surface area contributed by atoms with Crippen molar-refractivity contribution in [1.29, 1.82) is 0 Å². The number of likely N-dealkylation sites (tertiary alicyclic amines) is 1. The largest absolute Gasteiger partial charge is 0.341 e. The van der Waals surface area contributed by atoms with Crippen molar-refractivity contribution in [3.05, 3.63) is 0 Å². The predicted octanol–water partition coefficient (Wildman–Crippen LogP) is 5.61. The van der Waals surface area contributed by atoms with Crippen molar-refractivity contribution in [1.82, 2.24) is 4.90 Å². The number of carbonyl (C=O) groups excluding carboxylic acids is 1. The van der Waals surface area contributed by atoms with Gasteiger partial charge in [0.25, 0.3) is 0 Å². The van der Waals surface area contributed by atoms with Crippen molar-refractivity contribution >= 4 is 17.7 Å². The maximum atomic E-state index is 12.6. The average Bonchev–Trinajstić information content (AvgIpc) is 3.01. The van der Waals surface area contributed by atoms with Gasteiger partial charge in [-0.05, 0) is 78.8 Å². The van der Waals surface area contributed by atoms with Crippen LogP contribution >= 0.6 is 11.8 Å². The van der Waals surface area contributed by atoms with E-state index < -0.39 is 0 Å². The summed E-state index contributed by atoms with van der Waals surface area (Å²) >= 11 is 2.19. The molecule has 1 saturated heterocycles. The lowest BCUT2D eigenvalue weighted by atomic mass is 9.45. The fourth-order valence-electron chi connectivity index (χ4n) is 7.99. The maximum Gasteiger partial charge on any atom is 0.222 e. The summed E-state index contributed by atoms with van der Waals surface area (Å²) in [5.74, 6) is 5.01. The first-order valence-corrected chi connectivity index (χ1v) is 12.3. The second-order valence-corrected chi connectivity index (χ2v) is 11.8. The summed E-state index contributed by atoms with van der Waals surface area (Å²) in [7, 11) is 2.11. The summed E-state index contributed by atoms with van der Waals surface area (Å²) in [6.45, 7) is 10.0. The van der Waals surface area contributed by atoms with E-state index in [-0.39, 0.29) is 0 Å². The first-order valence-electron chi connectivity index (χ1n) is 11.2. The van der Waals surface area contributed by atoms with E-state index in [1.165, 1.54) is 44.3 Å². The average molecular weight is 378 g/mol. The smallest absolute Gasteiger partial charge is 0.222 e. The van der Waals surface area contributed by atoms with E-state index in [0.29, 0.717) is 28.0 Å². The number of amides is 1. The van der Waals surface area contributed by atoms with Crippen LogP contribution in [0.1, 0.15) is 79.1 Å². The van der Waals surface area contributed by atoms with Gasteiger partial charge in [0.1, 0.15) is 0 Å². The van der Waals surface area contributed by atoms with Crippen LogP contribution in [0.5, 0.6) is 0 Å². The molecule has 1 aliphatic heterocycles. The molecule has 3 unspecified atom stereocenters. The molecule has 0 aromatic heterocycles. The van der Waals surface area contributed by atoms with Gasteiger partial charge >= 0.3 is 0 Å². The Hall–Kier alpha value is -0.180. The molecule has 1 heterocycles. The second kappa shape index (κ2) is 6.71. The molecule has 8 atom stereocenters. The van der Waals surface area contributed by atoms with Gasteiger partial charge in [0.15, 0.2) is 0 Å². The number of hydrogen-bond donors (Lipinski definition) is 0. The van der Waals surface area contributed by atoms with Crippen LogP contribution in [0.4, 0.5) is 0 Å². The third-order valence-electron chi connectivity index (χ3n) is 9.28. The van der Waals surface area contributed by atoms with E-state index in [4.69, 9.17) is 0 Å². The predicted molar refractivity (Wildman–Crippen MR) is 111 cm³/mol. The summed E-state index contributed by atoms with van der Waals surface area (Å²) in [5, 5.41) is 0.624. The molecular formula is C23H39NOS. The van der Waals surface area contributed by atoms with Crippen LogP contribution in [0.25, 0.3) is 0 Å². The number of piperidine rings is 1. The van der Waals surface area contributed by atoms with E-state index in [1.54, 1.807) is 0 Å². The highest BCUT2D eigenvalue weighted by molar-refractivity contribution is 7.99.